The van der Waals surface area contributed by atoms with E-state index in [2.05, 4.69) is 0 Å². The van der Waals surface area contributed by atoms with Gasteiger partial charge < -0.3 is 15.3 Å². The molecule has 0 aliphatic carbocycles. The fraction of sp³-hybridized carbons (Fsp3) is 0.500. The van der Waals surface area contributed by atoms with E-state index >= 15 is 0 Å². The highest BCUT2D eigenvalue weighted by Gasteiger charge is 2.00. The number of hydrogen-bond donors (Lipinski definition) is 3. The van der Waals surface area contributed by atoms with Gasteiger partial charge in [0.1, 0.15) is 5.82 Å². The fourth-order valence-electron chi connectivity index (χ4n) is 0.971. The fourth-order valence-corrected chi connectivity index (χ4v) is 0.971. The van der Waals surface area contributed by atoms with Gasteiger partial charge in [-0.3, -0.25) is 0 Å². The number of aliphatic hydroxyl groups is 3. The van der Waals surface area contributed by atoms with Gasteiger partial charge in [-0.1, -0.05) is 18.2 Å². The molecule has 0 aliphatic rings. The zero-order valence-electron chi connectivity index (χ0n) is 9.65. The molecule has 0 aliphatic heterocycles. The lowest BCUT2D eigenvalue weighted by Gasteiger charge is -2.03. The van der Waals surface area contributed by atoms with Crippen LogP contribution in [0.1, 0.15) is 25.8 Å². The Labute approximate surface area is 95.2 Å². The third-order valence-corrected chi connectivity index (χ3v) is 1.56. The second-order valence-electron chi connectivity index (χ2n) is 3.91. The SMILES string of the molecule is CC(C)(O)O.OCCCc1ccccc1F. The van der Waals surface area contributed by atoms with Crippen LogP contribution in [-0.2, 0) is 6.42 Å². The number of halogens is 1. The Morgan fingerprint density at radius 3 is 2.12 bits per heavy atom. The summed E-state index contributed by atoms with van der Waals surface area (Å²) in [5, 5.41) is 24.6. The molecule has 0 radical (unpaired) electrons. The molecule has 0 bridgehead atoms. The van der Waals surface area contributed by atoms with Crippen LogP contribution in [-0.4, -0.2) is 27.7 Å². The molecule has 4 heteroatoms. The highest BCUT2D eigenvalue weighted by atomic mass is 19.1. The third kappa shape index (κ3) is 9.58. The van der Waals surface area contributed by atoms with Crippen molar-refractivity contribution in [2.24, 2.45) is 0 Å². The molecule has 16 heavy (non-hydrogen) atoms. The highest BCUT2D eigenvalue weighted by Crippen LogP contribution is 2.07. The zero-order valence-corrected chi connectivity index (χ0v) is 9.65. The van der Waals surface area contributed by atoms with Crippen molar-refractivity contribution < 1.29 is 19.7 Å². The molecule has 1 rings (SSSR count). The smallest absolute Gasteiger partial charge is 0.156 e. The van der Waals surface area contributed by atoms with E-state index in [0.717, 1.165) is 0 Å². The summed E-state index contributed by atoms with van der Waals surface area (Å²) in [6.07, 6.45) is 1.24. The van der Waals surface area contributed by atoms with E-state index in [1.54, 1.807) is 18.2 Å². The Balaban J connectivity index is 0.000000385. The van der Waals surface area contributed by atoms with Crippen LogP contribution < -0.4 is 0 Å². The summed E-state index contributed by atoms with van der Waals surface area (Å²) in [6, 6.07) is 6.64. The van der Waals surface area contributed by atoms with Crippen LogP contribution in [0.3, 0.4) is 0 Å². The Morgan fingerprint density at radius 1 is 1.19 bits per heavy atom. The number of aryl methyl sites for hydroxylation is 1. The Morgan fingerprint density at radius 2 is 1.69 bits per heavy atom. The van der Waals surface area contributed by atoms with Gasteiger partial charge in [0.05, 0.1) is 0 Å². The molecular formula is C12H19FO3. The van der Waals surface area contributed by atoms with Gasteiger partial charge in [-0.2, -0.15) is 0 Å². The predicted molar refractivity (Wildman–Crippen MR) is 60.3 cm³/mol. The van der Waals surface area contributed by atoms with Crippen molar-refractivity contribution in [2.75, 3.05) is 6.61 Å². The maximum Gasteiger partial charge on any atom is 0.156 e. The summed E-state index contributed by atoms with van der Waals surface area (Å²) in [6.45, 7) is 2.72. The third-order valence-electron chi connectivity index (χ3n) is 1.56. The van der Waals surface area contributed by atoms with Gasteiger partial charge in [0.25, 0.3) is 0 Å². The molecule has 0 amide bonds. The van der Waals surface area contributed by atoms with Crippen molar-refractivity contribution in [1.82, 2.24) is 0 Å². The van der Waals surface area contributed by atoms with E-state index in [9.17, 15) is 4.39 Å². The lowest BCUT2D eigenvalue weighted by atomic mass is 10.1. The Kier molecular flexibility index (Phi) is 6.88. The molecule has 1 aromatic rings. The molecule has 0 spiro atoms. The first-order valence-corrected chi connectivity index (χ1v) is 5.13. The zero-order chi connectivity index (χ0) is 12.6. The summed E-state index contributed by atoms with van der Waals surface area (Å²) in [4.78, 5) is 0. The minimum absolute atomic E-state index is 0.119. The van der Waals surface area contributed by atoms with Gasteiger partial charge in [0.15, 0.2) is 5.79 Å². The summed E-state index contributed by atoms with van der Waals surface area (Å²) in [5.41, 5.74) is 0.682. The molecule has 0 saturated carbocycles. The van der Waals surface area contributed by atoms with E-state index in [0.29, 0.717) is 18.4 Å². The minimum Gasteiger partial charge on any atom is -0.396 e. The first-order chi connectivity index (χ1) is 7.34. The van der Waals surface area contributed by atoms with Crippen LogP contribution >= 0.6 is 0 Å². The van der Waals surface area contributed by atoms with Crippen LogP contribution in [0.25, 0.3) is 0 Å². The molecule has 0 aromatic heterocycles. The standard InChI is InChI=1S/C9H11FO.C3H8O2/c10-9-6-2-1-4-8(9)5-3-7-11;1-3(2,4)5/h1-2,4,6,11H,3,5,7H2;4-5H,1-2H3. The maximum atomic E-state index is 12.8. The lowest BCUT2D eigenvalue weighted by molar-refractivity contribution is -0.127. The predicted octanol–water partition coefficient (Wildman–Crippen LogP) is 1.46. The van der Waals surface area contributed by atoms with Gasteiger partial charge in [-0.25, -0.2) is 4.39 Å². The molecule has 1 aromatic carbocycles. The van der Waals surface area contributed by atoms with Crippen LogP contribution in [0.5, 0.6) is 0 Å². The summed E-state index contributed by atoms with van der Waals surface area (Å²) in [5.74, 6) is -1.68. The second-order valence-corrected chi connectivity index (χ2v) is 3.91. The molecule has 92 valence electrons. The van der Waals surface area contributed by atoms with Crippen LogP contribution in [0.2, 0.25) is 0 Å². The number of rotatable bonds is 3. The average Bonchev–Trinajstić information content (AvgIpc) is 2.14. The van der Waals surface area contributed by atoms with Gasteiger partial charge in [-0.15, -0.1) is 0 Å². The maximum absolute atomic E-state index is 12.8. The van der Waals surface area contributed by atoms with E-state index in [4.69, 9.17) is 15.3 Å². The second kappa shape index (κ2) is 7.33. The molecule has 0 atom stereocenters. The topological polar surface area (TPSA) is 60.7 Å². The average molecular weight is 230 g/mol. The van der Waals surface area contributed by atoms with Crippen molar-refractivity contribution in [3.05, 3.63) is 35.6 Å². The van der Waals surface area contributed by atoms with Gasteiger partial charge in [-0.05, 0) is 38.3 Å². The first-order valence-electron chi connectivity index (χ1n) is 5.13. The summed E-state index contributed by atoms with van der Waals surface area (Å²) < 4.78 is 12.8. The normalized spacial score (nSPS) is 10.6. The number of benzene rings is 1. The van der Waals surface area contributed by atoms with Gasteiger partial charge in [0, 0.05) is 6.61 Å². The Bertz CT molecular complexity index is 289. The lowest BCUT2D eigenvalue weighted by Crippen LogP contribution is -2.15. The molecule has 0 unspecified atom stereocenters. The molecule has 3 N–H and O–H groups in total. The first kappa shape index (κ1) is 15.0. The summed E-state index contributed by atoms with van der Waals surface area (Å²) >= 11 is 0. The van der Waals surface area contributed by atoms with Gasteiger partial charge in [0.2, 0.25) is 0 Å². The van der Waals surface area contributed by atoms with E-state index in [1.165, 1.54) is 19.9 Å². The van der Waals surface area contributed by atoms with E-state index in [-0.39, 0.29) is 12.4 Å². The highest BCUT2D eigenvalue weighted by molar-refractivity contribution is 5.17. The largest absolute Gasteiger partial charge is 0.396 e. The van der Waals surface area contributed by atoms with Crippen molar-refractivity contribution in [1.29, 1.82) is 0 Å². The molecule has 0 saturated heterocycles. The summed E-state index contributed by atoms with van der Waals surface area (Å²) in [7, 11) is 0. The molecule has 0 fully saturated rings. The van der Waals surface area contributed by atoms with Crippen molar-refractivity contribution in [3.63, 3.8) is 0 Å². The van der Waals surface area contributed by atoms with Crippen LogP contribution in [0, 0.1) is 5.82 Å². The van der Waals surface area contributed by atoms with Crippen LogP contribution in [0.15, 0.2) is 24.3 Å². The van der Waals surface area contributed by atoms with E-state index < -0.39 is 5.79 Å². The van der Waals surface area contributed by atoms with Crippen molar-refractivity contribution in [2.45, 2.75) is 32.5 Å². The van der Waals surface area contributed by atoms with Crippen molar-refractivity contribution in [3.8, 4) is 0 Å². The minimum atomic E-state index is -1.50. The van der Waals surface area contributed by atoms with E-state index in [1.807, 2.05) is 0 Å². The monoisotopic (exact) mass is 230 g/mol. The molecule has 3 nitrogen and oxygen atoms in total. The molecular weight excluding hydrogens is 211 g/mol. The van der Waals surface area contributed by atoms with Gasteiger partial charge >= 0.3 is 0 Å². The number of hydrogen-bond acceptors (Lipinski definition) is 3. The molecule has 0 heterocycles. The van der Waals surface area contributed by atoms with Crippen LogP contribution in [0.4, 0.5) is 4.39 Å². The Hall–Kier alpha value is -0.970. The quantitative estimate of drug-likeness (QED) is 0.689. The van der Waals surface area contributed by atoms with Crippen molar-refractivity contribution >= 4 is 0 Å². The number of aliphatic hydroxyl groups excluding tert-OH is 1.